The maximum absolute atomic E-state index is 12.4. The van der Waals surface area contributed by atoms with Crippen molar-refractivity contribution < 1.29 is 4.79 Å². The van der Waals surface area contributed by atoms with Gasteiger partial charge in [-0.25, -0.2) is 15.0 Å². The van der Waals surface area contributed by atoms with Gasteiger partial charge in [-0.15, -0.1) is 24.2 Å². The summed E-state index contributed by atoms with van der Waals surface area (Å²) in [7, 11) is 0. The lowest BCUT2D eigenvalue weighted by Gasteiger charge is -2.25. The molecule has 10 heteroatoms. The van der Waals surface area contributed by atoms with Gasteiger partial charge in [0.15, 0.2) is 11.5 Å². The van der Waals surface area contributed by atoms with Crippen LogP contribution >= 0.6 is 24.2 Å². The van der Waals surface area contributed by atoms with Gasteiger partial charge in [-0.2, -0.15) is 0 Å². The number of hydrogen-bond donors (Lipinski definition) is 3. The van der Waals surface area contributed by atoms with E-state index in [-0.39, 0.29) is 24.4 Å². The highest BCUT2D eigenvalue weighted by molar-refractivity contribution is 8.04. The van der Waals surface area contributed by atoms with E-state index in [1.807, 2.05) is 11.1 Å². The van der Waals surface area contributed by atoms with Gasteiger partial charge in [0.2, 0.25) is 0 Å². The number of hydrogen-bond acceptors (Lipinski definition) is 7. The van der Waals surface area contributed by atoms with Crippen LogP contribution in [0.15, 0.2) is 23.8 Å². The first-order chi connectivity index (χ1) is 11.3. The van der Waals surface area contributed by atoms with E-state index in [1.165, 1.54) is 6.33 Å². The molecule has 8 nitrogen and oxygen atoms in total. The Labute approximate surface area is 149 Å². The van der Waals surface area contributed by atoms with Crippen LogP contribution in [0.3, 0.4) is 0 Å². The average molecular weight is 368 g/mol. The number of halogens is 1. The van der Waals surface area contributed by atoms with Gasteiger partial charge in [-0.3, -0.25) is 4.79 Å². The number of aromatic amines is 1. The molecule has 0 aliphatic carbocycles. The maximum Gasteiger partial charge on any atom is 0.259 e. The van der Waals surface area contributed by atoms with Gasteiger partial charge >= 0.3 is 0 Å². The van der Waals surface area contributed by atoms with E-state index in [2.05, 4.69) is 30.6 Å². The van der Waals surface area contributed by atoms with Gasteiger partial charge in [0.25, 0.3) is 5.91 Å². The van der Waals surface area contributed by atoms with Crippen molar-refractivity contribution in [1.29, 1.82) is 0 Å². The van der Waals surface area contributed by atoms with Gasteiger partial charge in [0.1, 0.15) is 11.8 Å². The number of carbonyl (C=O) groups is 1. The van der Waals surface area contributed by atoms with E-state index in [4.69, 9.17) is 0 Å². The van der Waals surface area contributed by atoms with Crippen molar-refractivity contribution in [2.45, 2.75) is 12.5 Å². The standard InChI is InChI=1S/C14H17N7OS.ClH/c22-14(20-9-1-2-15-5-9)10-6-21(3-4-23-10)13-11-12(17-7-16-11)18-8-19-13;/h6-9,15H,1-5H2,(H,20,22)(H,16,17,18,19);1H/t9-;/m1./s1. The van der Waals surface area contributed by atoms with E-state index in [0.29, 0.717) is 5.65 Å². The van der Waals surface area contributed by atoms with Crippen LogP contribution in [0.4, 0.5) is 5.82 Å². The van der Waals surface area contributed by atoms with Gasteiger partial charge in [0.05, 0.1) is 11.2 Å². The Balaban J connectivity index is 0.00000169. The van der Waals surface area contributed by atoms with Crippen molar-refractivity contribution in [1.82, 2.24) is 30.6 Å². The van der Waals surface area contributed by atoms with E-state index < -0.39 is 0 Å². The third-order valence-electron chi connectivity index (χ3n) is 3.96. The minimum absolute atomic E-state index is 0. The summed E-state index contributed by atoms with van der Waals surface area (Å²) in [6.07, 6.45) is 5.95. The Morgan fingerprint density at radius 1 is 1.38 bits per heavy atom. The molecule has 1 fully saturated rings. The third kappa shape index (κ3) is 3.33. The smallest absolute Gasteiger partial charge is 0.259 e. The predicted molar refractivity (Wildman–Crippen MR) is 96.2 cm³/mol. The molecule has 0 radical (unpaired) electrons. The summed E-state index contributed by atoms with van der Waals surface area (Å²) in [5.74, 6) is 1.57. The van der Waals surface area contributed by atoms with Crippen molar-refractivity contribution in [3.63, 3.8) is 0 Å². The number of nitrogens with zero attached hydrogens (tertiary/aromatic N) is 4. The van der Waals surface area contributed by atoms with Crippen LogP contribution in [0.1, 0.15) is 6.42 Å². The monoisotopic (exact) mass is 367 g/mol. The largest absolute Gasteiger partial charge is 0.347 e. The molecular formula is C14H18ClN7OS. The highest BCUT2D eigenvalue weighted by Gasteiger charge is 2.23. The Bertz CT molecular complexity index is 758. The zero-order chi connectivity index (χ0) is 15.6. The maximum atomic E-state index is 12.4. The van der Waals surface area contributed by atoms with Crippen LogP contribution in [0.2, 0.25) is 0 Å². The van der Waals surface area contributed by atoms with Gasteiger partial charge in [-0.1, -0.05) is 0 Å². The number of thioether (sulfide) groups is 1. The van der Waals surface area contributed by atoms with Gasteiger partial charge in [-0.05, 0) is 13.0 Å². The van der Waals surface area contributed by atoms with Crippen molar-refractivity contribution in [2.75, 3.05) is 30.3 Å². The Morgan fingerprint density at radius 3 is 3.12 bits per heavy atom. The normalized spacial score (nSPS) is 20.6. The SMILES string of the molecule is Cl.O=C(N[C@@H]1CCNC1)C1=CN(c2ncnc3nc[nH]c23)CCS1. The summed E-state index contributed by atoms with van der Waals surface area (Å²) >= 11 is 1.58. The molecule has 0 aromatic carbocycles. The molecule has 2 aromatic rings. The number of H-pyrrole nitrogens is 1. The van der Waals surface area contributed by atoms with Crippen LogP contribution in [0.5, 0.6) is 0 Å². The predicted octanol–water partition coefficient (Wildman–Crippen LogP) is 0.647. The summed E-state index contributed by atoms with van der Waals surface area (Å²) in [6.45, 7) is 2.59. The Kier molecular flexibility index (Phi) is 5.22. The van der Waals surface area contributed by atoms with Crippen molar-refractivity contribution in [3.05, 3.63) is 23.8 Å². The van der Waals surface area contributed by atoms with Crippen LogP contribution in [0.25, 0.3) is 11.2 Å². The molecule has 24 heavy (non-hydrogen) atoms. The number of amides is 1. The van der Waals surface area contributed by atoms with E-state index in [1.54, 1.807) is 18.1 Å². The molecular weight excluding hydrogens is 350 g/mol. The van der Waals surface area contributed by atoms with Gasteiger partial charge in [0, 0.05) is 31.1 Å². The lowest BCUT2D eigenvalue weighted by Crippen LogP contribution is -2.38. The lowest BCUT2D eigenvalue weighted by atomic mass is 10.2. The van der Waals surface area contributed by atoms with Crippen LogP contribution < -0.4 is 15.5 Å². The molecule has 1 amide bonds. The Hall–Kier alpha value is -1.84. The molecule has 2 aromatic heterocycles. The molecule has 1 atom stereocenters. The lowest BCUT2D eigenvalue weighted by molar-refractivity contribution is -0.117. The fraction of sp³-hybridized carbons (Fsp3) is 0.429. The molecule has 4 heterocycles. The minimum atomic E-state index is -0.0108. The molecule has 128 valence electrons. The third-order valence-corrected chi connectivity index (χ3v) is 4.95. The zero-order valence-electron chi connectivity index (χ0n) is 12.9. The number of carbonyl (C=O) groups excluding carboxylic acids is 1. The quantitative estimate of drug-likeness (QED) is 0.732. The summed E-state index contributed by atoms with van der Waals surface area (Å²) in [5.41, 5.74) is 1.42. The molecule has 2 aliphatic rings. The number of imidazole rings is 1. The molecule has 0 unspecified atom stereocenters. The number of fused-ring (bicyclic) bond motifs is 1. The topological polar surface area (TPSA) is 98.8 Å². The minimum Gasteiger partial charge on any atom is -0.347 e. The zero-order valence-corrected chi connectivity index (χ0v) is 14.5. The number of anilines is 1. The highest BCUT2D eigenvalue weighted by atomic mass is 35.5. The average Bonchev–Trinajstić information content (AvgIpc) is 3.25. The summed E-state index contributed by atoms with van der Waals surface area (Å²) < 4.78 is 0. The summed E-state index contributed by atoms with van der Waals surface area (Å²) in [5, 5.41) is 6.34. The molecule has 0 spiro atoms. The Morgan fingerprint density at radius 2 is 2.29 bits per heavy atom. The van der Waals surface area contributed by atoms with Crippen molar-refractivity contribution in [2.24, 2.45) is 0 Å². The molecule has 1 saturated heterocycles. The fourth-order valence-corrected chi connectivity index (χ4v) is 3.69. The first-order valence-corrected chi connectivity index (χ1v) is 8.57. The number of rotatable bonds is 3. The molecule has 4 rings (SSSR count). The number of aromatic nitrogens is 4. The second kappa shape index (κ2) is 7.37. The first-order valence-electron chi connectivity index (χ1n) is 7.58. The van der Waals surface area contributed by atoms with E-state index >= 15 is 0 Å². The second-order valence-electron chi connectivity index (χ2n) is 5.50. The molecule has 3 N–H and O–H groups in total. The highest BCUT2D eigenvalue weighted by Crippen LogP contribution is 2.28. The van der Waals surface area contributed by atoms with Crippen LogP contribution in [0, 0.1) is 0 Å². The first kappa shape index (κ1) is 17.0. The van der Waals surface area contributed by atoms with E-state index in [0.717, 1.165) is 48.0 Å². The second-order valence-corrected chi connectivity index (χ2v) is 6.63. The van der Waals surface area contributed by atoms with Gasteiger partial charge < -0.3 is 20.5 Å². The van der Waals surface area contributed by atoms with Crippen molar-refractivity contribution >= 4 is 47.1 Å². The van der Waals surface area contributed by atoms with Crippen molar-refractivity contribution in [3.8, 4) is 0 Å². The molecule has 0 bridgehead atoms. The molecule has 2 aliphatic heterocycles. The fourth-order valence-electron chi connectivity index (χ4n) is 2.79. The summed E-state index contributed by atoms with van der Waals surface area (Å²) in [4.78, 5) is 30.8. The van der Waals surface area contributed by atoms with E-state index in [9.17, 15) is 4.79 Å². The van der Waals surface area contributed by atoms with Crippen LogP contribution in [-0.2, 0) is 4.79 Å². The summed E-state index contributed by atoms with van der Waals surface area (Å²) in [6, 6.07) is 0.220. The van der Waals surface area contributed by atoms with Crippen LogP contribution in [-0.4, -0.2) is 57.3 Å². The number of nitrogens with one attached hydrogen (secondary N) is 3. The molecule has 0 saturated carbocycles.